The predicted octanol–water partition coefficient (Wildman–Crippen LogP) is 8.59. The van der Waals surface area contributed by atoms with E-state index in [1.807, 2.05) is 71.8 Å². The van der Waals surface area contributed by atoms with Crippen LogP contribution in [0.5, 0.6) is 0 Å². The Hall–Kier alpha value is -3.80. The van der Waals surface area contributed by atoms with Gasteiger partial charge in [-0.2, -0.15) is 0 Å². The molecule has 0 aliphatic heterocycles. The maximum absolute atomic E-state index is 13.4. The molecule has 6 heteroatoms. The van der Waals surface area contributed by atoms with Crippen molar-refractivity contribution in [3.8, 4) is 0 Å². The standard InChI is InChI=1S/C28H32N2O4.C3H8.C2H6/c1-8-20(15-17(3)30(6)7)26-18(4)25(31)23-14-16(2)13-22(27(23)34-26)19(5)29-24-12-10-9-11-21(24)28(32)33;1-3-2;1-2/h8-14,19,29H,3,15H2,1-2,4-7H3,(H,32,33);3H2,1-2H3;1-2H3/b20-8+;;. The molecule has 3 aromatic rings. The molecule has 0 aliphatic carbocycles. The van der Waals surface area contributed by atoms with Crippen molar-refractivity contribution >= 4 is 28.2 Å². The van der Waals surface area contributed by atoms with Crippen LogP contribution in [0.3, 0.4) is 0 Å². The van der Waals surface area contributed by atoms with E-state index in [2.05, 4.69) is 25.7 Å². The first-order valence-electron chi connectivity index (χ1n) is 13.6. The number of carboxylic acid groups (broad SMARTS) is 1. The number of fused-ring (bicyclic) bond motifs is 1. The normalized spacial score (nSPS) is 11.5. The van der Waals surface area contributed by atoms with Gasteiger partial charge in [0.1, 0.15) is 11.3 Å². The van der Waals surface area contributed by atoms with Gasteiger partial charge in [-0.1, -0.05) is 65.0 Å². The van der Waals surface area contributed by atoms with E-state index in [4.69, 9.17) is 4.42 Å². The van der Waals surface area contributed by atoms with Gasteiger partial charge in [-0.25, -0.2) is 4.79 Å². The number of benzene rings is 2. The number of carbonyl (C=O) groups is 1. The van der Waals surface area contributed by atoms with E-state index in [-0.39, 0.29) is 17.0 Å². The largest absolute Gasteiger partial charge is 0.478 e. The summed E-state index contributed by atoms with van der Waals surface area (Å²) in [7, 11) is 3.87. The topological polar surface area (TPSA) is 82.8 Å². The zero-order valence-electron chi connectivity index (χ0n) is 25.4. The molecular weight excluding hydrogens is 488 g/mol. The Balaban J connectivity index is 0.00000142. The highest BCUT2D eigenvalue weighted by molar-refractivity contribution is 5.94. The van der Waals surface area contributed by atoms with E-state index in [0.29, 0.717) is 34.4 Å². The third kappa shape index (κ3) is 8.34. The second-order valence-electron chi connectivity index (χ2n) is 9.49. The van der Waals surface area contributed by atoms with E-state index in [1.165, 1.54) is 6.42 Å². The van der Waals surface area contributed by atoms with Crippen molar-refractivity contribution < 1.29 is 14.3 Å². The minimum absolute atomic E-state index is 0.0749. The van der Waals surface area contributed by atoms with Crippen molar-refractivity contribution in [2.75, 3.05) is 19.4 Å². The van der Waals surface area contributed by atoms with Crippen LogP contribution in [0.1, 0.15) is 93.2 Å². The molecule has 1 atom stereocenters. The number of nitrogens with one attached hydrogen (secondary N) is 1. The predicted molar refractivity (Wildman–Crippen MR) is 166 cm³/mol. The average molecular weight is 535 g/mol. The summed E-state index contributed by atoms with van der Waals surface area (Å²) in [6.45, 7) is 19.9. The van der Waals surface area contributed by atoms with Gasteiger partial charge in [-0.15, -0.1) is 0 Å². The number of allylic oxidation sites excluding steroid dienone is 2. The van der Waals surface area contributed by atoms with Gasteiger partial charge in [0.15, 0.2) is 5.43 Å². The lowest BCUT2D eigenvalue weighted by Crippen LogP contribution is -2.15. The van der Waals surface area contributed by atoms with Crippen LogP contribution in [0.2, 0.25) is 0 Å². The van der Waals surface area contributed by atoms with Crippen LogP contribution in [0, 0.1) is 13.8 Å². The second kappa shape index (κ2) is 15.6. The highest BCUT2D eigenvalue weighted by Crippen LogP contribution is 2.33. The fourth-order valence-electron chi connectivity index (χ4n) is 3.99. The molecule has 0 bridgehead atoms. The molecule has 1 heterocycles. The highest BCUT2D eigenvalue weighted by Gasteiger charge is 2.21. The van der Waals surface area contributed by atoms with Gasteiger partial charge in [-0.3, -0.25) is 4.79 Å². The van der Waals surface area contributed by atoms with Crippen molar-refractivity contribution in [2.24, 2.45) is 0 Å². The summed E-state index contributed by atoms with van der Waals surface area (Å²) in [5.41, 5.74) is 5.17. The van der Waals surface area contributed by atoms with Crippen molar-refractivity contribution in [2.45, 2.75) is 74.3 Å². The zero-order chi connectivity index (χ0) is 29.9. The molecule has 0 saturated heterocycles. The van der Waals surface area contributed by atoms with Crippen LogP contribution < -0.4 is 10.7 Å². The van der Waals surface area contributed by atoms with Gasteiger partial charge in [-0.05, 0) is 57.0 Å². The van der Waals surface area contributed by atoms with Crippen LogP contribution in [0.25, 0.3) is 16.5 Å². The van der Waals surface area contributed by atoms with E-state index in [9.17, 15) is 14.7 Å². The molecule has 0 radical (unpaired) electrons. The SMILES string of the molecule is C=C(C/C(=C\C)c1oc2c(C(C)Nc3ccccc3C(=O)O)cc(C)cc2c(=O)c1C)N(C)C.CC.CCC. The summed E-state index contributed by atoms with van der Waals surface area (Å²) in [5.74, 6) is -0.459. The van der Waals surface area contributed by atoms with Gasteiger partial charge in [0.05, 0.1) is 17.0 Å². The minimum atomic E-state index is -1.01. The van der Waals surface area contributed by atoms with Gasteiger partial charge in [0.2, 0.25) is 0 Å². The first kappa shape index (κ1) is 33.2. The maximum atomic E-state index is 13.4. The molecule has 0 spiro atoms. The van der Waals surface area contributed by atoms with Crippen LogP contribution >= 0.6 is 0 Å². The van der Waals surface area contributed by atoms with Crippen LogP contribution in [-0.4, -0.2) is 30.1 Å². The van der Waals surface area contributed by atoms with Gasteiger partial charge >= 0.3 is 5.97 Å². The summed E-state index contributed by atoms with van der Waals surface area (Å²) in [6, 6.07) is 10.3. The molecule has 212 valence electrons. The molecule has 1 unspecified atom stereocenters. The second-order valence-corrected chi connectivity index (χ2v) is 9.49. The fraction of sp³-hybridized carbons (Fsp3) is 0.394. The number of carboxylic acids is 1. The molecule has 0 aliphatic rings. The number of aryl methyl sites for hydroxylation is 1. The number of hydrogen-bond acceptors (Lipinski definition) is 5. The van der Waals surface area contributed by atoms with Crippen molar-refractivity contribution in [3.63, 3.8) is 0 Å². The molecule has 2 N–H and O–H groups in total. The molecule has 1 aromatic heterocycles. The van der Waals surface area contributed by atoms with Crippen molar-refractivity contribution in [1.29, 1.82) is 0 Å². The molecule has 3 rings (SSSR count). The van der Waals surface area contributed by atoms with E-state index >= 15 is 0 Å². The van der Waals surface area contributed by atoms with Crippen LogP contribution in [-0.2, 0) is 0 Å². The monoisotopic (exact) mass is 534 g/mol. The summed E-state index contributed by atoms with van der Waals surface area (Å²) in [5, 5.41) is 13.4. The van der Waals surface area contributed by atoms with Gasteiger partial charge < -0.3 is 19.7 Å². The number of para-hydroxylation sites is 1. The summed E-state index contributed by atoms with van der Waals surface area (Å²) < 4.78 is 6.45. The third-order valence-electron chi connectivity index (χ3n) is 6.05. The lowest BCUT2D eigenvalue weighted by molar-refractivity contribution is 0.0698. The van der Waals surface area contributed by atoms with E-state index in [0.717, 1.165) is 22.4 Å². The minimum Gasteiger partial charge on any atom is -0.478 e. The highest BCUT2D eigenvalue weighted by atomic mass is 16.4. The fourth-order valence-corrected chi connectivity index (χ4v) is 3.99. The number of anilines is 1. The molecule has 0 saturated carbocycles. The molecule has 0 amide bonds. The maximum Gasteiger partial charge on any atom is 0.337 e. The van der Waals surface area contributed by atoms with Crippen molar-refractivity contribution in [3.05, 3.63) is 93.0 Å². The number of hydrogen-bond donors (Lipinski definition) is 2. The summed E-state index contributed by atoms with van der Waals surface area (Å²) >= 11 is 0. The van der Waals surface area contributed by atoms with Gasteiger partial charge in [0.25, 0.3) is 0 Å². The van der Waals surface area contributed by atoms with Crippen molar-refractivity contribution in [1.82, 2.24) is 4.90 Å². The Bertz CT molecular complexity index is 1370. The Morgan fingerprint density at radius 3 is 2.28 bits per heavy atom. The Morgan fingerprint density at radius 2 is 1.74 bits per heavy atom. The quantitative estimate of drug-likeness (QED) is 0.301. The van der Waals surface area contributed by atoms with E-state index < -0.39 is 5.97 Å². The first-order valence-corrected chi connectivity index (χ1v) is 13.6. The van der Waals surface area contributed by atoms with E-state index in [1.54, 1.807) is 31.2 Å². The summed E-state index contributed by atoms with van der Waals surface area (Å²) in [4.78, 5) is 27.0. The smallest absolute Gasteiger partial charge is 0.337 e. The summed E-state index contributed by atoms with van der Waals surface area (Å²) in [6.07, 6.45) is 3.75. The molecule has 39 heavy (non-hydrogen) atoms. The molecule has 2 aromatic carbocycles. The van der Waals surface area contributed by atoms with Crippen LogP contribution in [0.15, 0.2) is 64.0 Å². The number of nitrogens with zero attached hydrogens (tertiary/aromatic N) is 1. The zero-order valence-corrected chi connectivity index (χ0v) is 25.4. The average Bonchev–Trinajstić information content (AvgIpc) is 2.91. The Kier molecular flexibility index (Phi) is 13.3. The molecular formula is C33H46N2O4. The molecule has 0 fully saturated rings. The Labute approximate surface area is 234 Å². The number of aromatic carboxylic acids is 1. The lowest BCUT2D eigenvalue weighted by atomic mass is 9.97. The lowest BCUT2D eigenvalue weighted by Gasteiger charge is -2.21. The molecule has 6 nitrogen and oxygen atoms in total. The number of rotatable bonds is 8. The van der Waals surface area contributed by atoms with Crippen LogP contribution in [0.4, 0.5) is 5.69 Å². The van der Waals surface area contributed by atoms with Gasteiger partial charge in [0, 0.05) is 43.0 Å². The Morgan fingerprint density at radius 1 is 1.15 bits per heavy atom. The third-order valence-corrected chi connectivity index (χ3v) is 6.05. The first-order chi connectivity index (χ1) is 18.5.